The zero-order valence-corrected chi connectivity index (χ0v) is 11.6. The Hall–Kier alpha value is -0.750. The lowest BCUT2D eigenvalue weighted by Gasteiger charge is -2.33. The first-order valence-corrected chi connectivity index (χ1v) is 7.56. The smallest absolute Gasteiger partial charge is 0.264 e. The van der Waals surface area contributed by atoms with E-state index in [0.717, 1.165) is 32.2 Å². The van der Waals surface area contributed by atoms with Crippen LogP contribution < -0.4 is 5.32 Å². The molecule has 3 fully saturated rings. The highest BCUT2D eigenvalue weighted by Crippen LogP contribution is 2.46. The van der Waals surface area contributed by atoms with E-state index in [1.54, 1.807) is 4.90 Å². The molecule has 3 atom stereocenters. The molecule has 20 heavy (non-hydrogen) atoms. The summed E-state index contributed by atoms with van der Waals surface area (Å²) in [7, 11) is 0. The number of nitrogens with zero attached hydrogens (tertiary/aromatic N) is 1. The molecule has 1 N–H and O–H groups in total. The predicted molar refractivity (Wildman–Crippen MR) is 69.6 cm³/mol. The molecule has 0 bridgehead atoms. The molecular formula is C14H22F2N2O2. The minimum Gasteiger partial charge on any atom is -0.370 e. The lowest BCUT2D eigenvalue weighted by atomic mass is 9.81. The summed E-state index contributed by atoms with van der Waals surface area (Å²) in [4.78, 5) is 14.6. The van der Waals surface area contributed by atoms with Crippen molar-refractivity contribution in [2.75, 3.05) is 26.2 Å². The number of hydrogen-bond acceptors (Lipinski definition) is 3. The molecule has 114 valence electrons. The van der Waals surface area contributed by atoms with Gasteiger partial charge in [-0.15, -0.1) is 0 Å². The van der Waals surface area contributed by atoms with E-state index in [2.05, 4.69) is 5.32 Å². The number of rotatable bonds is 2. The van der Waals surface area contributed by atoms with E-state index in [1.165, 1.54) is 0 Å². The molecule has 1 amide bonds. The van der Waals surface area contributed by atoms with E-state index in [9.17, 15) is 13.6 Å². The number of alkyl halides is 2. The van der Waals surface area contributed by atoms with E-state index < -0.39 is 12.5 Å². The fraction of sp³-hybridized carbons (Fsp3) is 0.929. The molecule has 1 aliphatic carbocycles. The van der Waals surface area contributed by atoms with Crippen LogP contribution in [0.1, 0.15) is 32.1 Å². The number of hydrogen-bond donors (Lipinski definition) is 1. The number of carbonyl (C=O) groups excluding carboxylic acids is 1. The van der Waals surface area contributed by atoms with Crippen molar-refractivity contribution in [3.05, 3.63) is 0 Å². The lowest BCUT2D eigenvalue weighted by molar-refractivity contribution is -0.142. The Kier molecular flexibility index (Phi) is 3.95. The molecular weight excluding hydrogens is 266 g/mol. The third-order valence-electron chi connectivity index (χ3n) is 5.12. The fourth-order valence-corrected chi connectivity index (χ4v) is 4.01. The molecule has 6 heteroatoms. The average Bonchev–Trinajstić information content (AvgIpc) is 2.89. The molecule has 1 unspecified atom stereocenters. The lowest BCUT2D eigenvalue weighted by Crippen LogP contribution is -2.48. The van der Waals surface area contributed by atoms with Crippen LogP contribution >= 0.6 is 0 Å². The van der Waals surface area contributed by atoms with Gasteiger partial charge < -0.3 is 15.0 Å². The molecule has 1 saturated carbocycles. The SMILES string of the molecule is O=C(N1CCOC(C(F)F)CC1)[C@]12CCC[C@H]1NCC2. The van der Waals surface area contributed by atoms with Crippen LogP contribution in [0, 0.1) is 5.41 Å². The van der Waals surface area contributed by atoms with Crippen molar-refractivity contribution in [1.82, 2.24) is 10.2 Å². The van der Waals surface area contributed by atoms with Crippen molar-refractivity contribution in [2.24, 2.45) is 5.41 Å². The Bertz CT molecular complexity index is 368. The van der Waals surface area contributed by atoms with Gasteiger partial charge in [-0.25, -0.2) is 8.78 Å². The summed E-state index contributed by atoms with van der Waals surface area (Å²) in [5, 5.41) is 3.42. The summed E-state index contributed by atoms with van der Waals surface area (Å²) >= 11 is 0. The first-order chi connectivity index (χ1) is 9.63. The van der Waals surface area contributed by atoms with Gasteiger partial charge in [-0.1, -0.05) is 6.42 Å². The van der Waals surface area contributed by atoms with Crippen LogP contribution in [0.25, 0.3) is 0 Å². The van der Waals surface area contributed by atoms with Crippen LogP contribution in [0.5, 0.6) is 0 Å². The monoisotopic (exact) mass is 288 g/mol. The van der Waals surface area contributed by atoms with Crippen molar-refractivity contribution >= 4 is 5.91 Å². The molecule has 2 heterocycles. The van der Waals surface area contributed by atoms with Crippen LogP contribution in [0.4, 0.5) is 8.78 Å². The maximum absolute atomic E-state index is 12.9. The van der Waals surface area contributed by atoms with E-state index >= 15 is 0 Å². The highest BCUT2D eigenvalue weighted by Gasteiger charge is 2.53. The largest absolute Gasteiger partial charge is 0.370 e. The van der Waals surface area contributed by atoms with Crippen LogP contribution in [0.3, 0.4) is 0 Å². The molecule has 2 saturated heterocycles. The topological polar surface area (TPSA) is 41.6 Å². The van der Waals surface area contributed by atoms with Gasteiger partial charge in [0.2, 0.25) is 5.91 Å². The average molecular weight is 288 g/mol. The van der Waals surface area contributed by atoms with Crippen molar-refractivity contribution in [3.63, 3.8) is 0 Å². The van der Waals surface area contributed by atoms with Crippen molar-refractivity contribution in [1.29, 1.82) is 0 Å². The Morgan fingerprint density at radius 2 is 2.15 bits per heavy atom. The summed E-state index contributed by atoms with van der Waals surface area (Å²) in [6.45, 7) is 1.94. The summed E-state index contributed by atoms with van der Waals surface area (Å²) in [5.41, 5.74) is -0.273. The van der Waals surface area contributed by atoms with Gasteiger partial charge in [-0.3, -0.25) is 4.79 Å². The van der Waals surface area contributed by atoms with Crippen LogP contribution in [-0.4, -0.2) is 55.6 Å². The first-order valence-electron chi connectivity index (χ1n) is 7.56. The second-order valence-electron chi connectivity index (χ2n) is 6.13. The molecule has 0 radical (unpaired) electrons. The Morgan fingerprint density at radius 1 is 1.30 bits per heavy atom. The van der Waals surface area contributed by atoms with Crippen molar-refractivity contribution in [3.8, 4) is 0 Å². The number of amides is 1. The first kappa shape index (κ1) is 14.2. The van der Waals surface area contributed by atoms with E-state index in [1.807, 2.05) is 0 Å². The van der Waals surface area contributed by atoms with Gasteiger partial charge in [-0.2, -0.15) is 0 Å². The van der Waals surface area contributed by atoms with Gasteiger partial charge in [0, 0.05) is 19.1 Å². The maximum atomic E-state index is 12.9. The number of carbonyl (C=O) groups is 1. The molecule has 3 aliphatic rings. The second-order valence-corrected chi connectivity index (χ2v) is 6.13. The van der Waals surface area contributed by atoms with Crippen molar-refractivity contribution in [2.45, 2.75) is 50.7 Å². The van der Waals surface area contributed by atoms with E-state index in [0.29, 0.717) is 13.1 Å². The predicted octanol–water partition coefficient (Wildman–Crippen LogP) is 1.40. The van der Waals surface area contributed by atoms with E-state index in [-0.39, 0.29) is 30.4 Å². The third kappa shape index (κ3) is 2.33. The fourth-order valence-electron chi connectivity index (χ4n) is 4.01. The Labute approximate surface area is 117 Å². The summed E-state index contributed by atoms with van der Waals surface area (Å²) in [6, 6.07) is 0.282. The van der Waals surface area contributed by atoms with Gasteiger partial charge in [0.15, 0.2) is 0 Å². The van der Waals surface area contributed by atoms with Gasteiger partial charge >= 0.3 is 0 Å². The number of fused-ring (bicyclic) bond motifs is 1. The van der Waals surface area contributed by atoms with Crippen LogP contribution in [0.15, 0.2) is 0 Å². The molecule has 0 aromatic carbocycles. The van der Waals surface area contributed by atoms with E-state index in [4.69, 9.17) is 4.74 Å². The Morgan fingerprint density at radius 3 is 2.95 bits per heavy atom. The summed E-state index contributed by atoms with van der Waals surface area (Å²) in [5.74, 6) is 0.156. The molecule has 3 rings (SSSR count). The van der Waals surface area contributed by atoms with Gasteiger partial charge in [0.1, 0.15) is 6.10 Å². The van der Waals surface area contributed by atoms with Crippen LogP contribution in [0.2, 0.25) is 0 Å². The zero-order chi connectivity index (χ0) is 14.2. The third-order valence-corrected chi connectivity index (χ3v) is 5.12. The number of nitrogens with one attached hydrogen (secondary N) is 1. The number of halogens is 2. The quantitative estimate of drug-likeness (QED) is 0.835. The minimum absolute atomic E-state index is 0.156. The molecule has 0 aromatic rings. The maximum Gasteiger partial charge on any atom is 0.264 e. The van der Waals surface area contributed by atoms with Gasteiger partial charge in [-0.05, 0) is 32.2 Å². The van der Waals surface area contributed by atoms with Gasteiger partial charge in [0.05, 0.1) is 12.0 Å². The number of ether oxygens (including phenoxy) is 1. The normalized spacial score (nSPS) is 38.0. The van der Waals surface area contributed by atoms with Crippen LogP contribution in [-0.2, 0) is 9.53 Å². The molecule has 4 nitrogen and oxygen atoms in total. The standard InChI is InChI=1S/C14H22F2N2O2/c15-12(16)10-3-7-18(8-9-20-10)13(19)14-4-1-2-11(14)17-6-5-14/h10-12,17H,1-9H2/t10?,11-,14+/m1/s1. The zero-order valence-electron chi connectivity index (χ0n) is 11.6. The minimum atomic E-state index is -2.46. The summed E-state index contributed by atoms with van der Waals surface area (Å²) in [6.07, 6.45) is 0.688. The molecule has 2 aliphatic heterocycles. The second kappa shape index (κ2) is 5.56. The summed E-state index contributed by atoms with van der Waals surface area (Å²) < 4.78 is 30.6. The van der Waals surface area contributed by atoms with Crippen molar-refractivity contribution < 1.29 is 18.3 Å². The highest BCUT2D eigenvalue weighted by atomic mass is 19.3. The highest BCUT2D eigenvalue weighted by molar-refractivity contribution is 5.84. The molecule has 0 spiro atoms. The van der Waals surface area contributed by atoms with Gasteiger partial charge in [0.25, 0.3) is 6.43 Å². The Balaban J connectivity index is 1.68. The molecule has 0 aromatic heterocycles.